The van der Waals surface area contributed by atoms with Crippen LogP contribution in [0, 0.1) is 13.8 Å². The van der Waals surface area contributed by atoms with Crippen molar-refractivity contribution in [3.8, 4) is 5.69 Å². The van der Waals surface area contributed by atoms with Crippen LogP contribution in [-0.2, 0) is 0 Å². The van der Waals surface area contributed by atoms with Crippen LogP contribution in [0.2, 0.25) is 0 Å². The highest BCUT2D eigenvalue weighted by Crippen LogP contribution is 2.16. The second-order valence-corrected chi connectivity index (χ2v) is 5.58. The second-order valence-electron chi connectivity index (χ2n) is 5.58. The van der Waals surface area contributed by atoms with E-state index in [1.54, 1.807) is 6.20 Å². The molecule has 0 saturated heterocycles. The lowest BCUT2D eigenvalue weighted by atomic mass is 10.1. The van der Waals surface area contributed by atoms with Crippen molar-refractivity contribution in [1.82, 2.24) is 9.78 Å². The Morgan fingerprint density at radius 3 is 2.50 bits per heavy atom. The number of para-hydroxylation sites is 1. The molecule has 0 spiro atoms. The third-order valence-corrected chi connectivity index (χ3v) is 3.67. The SMILES string of the molecule is Cc1ccc(NC(=O)c2nn(-c3ccccc3)ccc2=O)c(C)c1. The predicted molar refractivity (Wildman–Crippen MR) is 93.7 cm³/mol. The van der Waals surface area contributed by atoms with Gasteiger partial charge in [0.25, 0.3) is 5.91 Å². The molecule has 0 saturated carbocycles. The van der Waals surface area contributed by atoms with Crippen molar-refractivity contribution < 1.29 is 4.79 Å². The van der Waals surface area contributed by atoms with Gasteiger partial charge in [-0.2, -0.15) is 5.10 Å². The van der Waals surface area contributed by atoms with Crippen molar-refractivity contribution in [3.63, 3.8) is 0 Å². The Labute approximate surface area is 139 Å². The van der Waals surface area contributed by atoms with Crippen LogP contribution in [-0.4, -0.2) is 15.7 Å². The lowest BCUT2D eigenvalue weighted by Crippen LogP contribution is -2.25. The largest absolute Gasteiger partial charge is 0.320 e. The van der Waals surface area contributed by atoms with Gasteiger partial charge in [0.15, 0.2) is 5.69 Å². The number of hydrogen-bond acceptors (Lipinski definition) is 3. The molecule has 1 amide bonds. The van der Waals surface area contributed by atoms with Gasteiger partial charge in [0.1, 0.15) is 0 Å². The Bertz CT molecular complexity index is 946. The van der Waals surface area contributed by atoms with Gasteiger partial charge in [0, 0.05) is 18.0 Å². The van der Waals surface area contributed by atoms with Crippen LogP contribution in [0.3, 0.4) is 0 Å². The molecule has 0 unspecified atom stereocenters. The zero-order valence-corrected chi connectivity index (χ0v) is 13.5. The summed E-state index contributed by atoms with van der Waals surface area (Å²) < 4.78 is 1.51. The van der Waals surface area contributed by atoms with Gasteiger partial charge in [-0.3, -0.25) is 9.59 Å². The Morgan fingerprint density at radius 1 is 1.04 bits per heavy atom. The summed E-state index contributed by atoms with van der Waals surface area (Å²) >= 11 is 0. The van der Waals surface area contributed by atoms with Gasteiger partial charge in [-0.05, 0) is 37.6 Å². The van der Waals surface area contributed by atoms with Gasteiger partial charge in [0.05, 0.1) is 5.69 Å². The highest BCUT2D eigenvalue weighted by molar-refractivity contribution is 6.03. The Kier molecular flexibility index (Phi) is 4.24. The van der Waals surface area contributed by atoms with Gasteiger partial charge in [-0.25, -0.2) is 4.68 Å². The first-order chi connectivity index (χ1) is 11.5. The fourth-order valence-corrected chi connectivity index (χ4v) is 2.42. The first-order valence-electron chi connectivity index (χ1n) is 7.58. The number of amides is 1. The van der Waals surface area contributed by atoms with Gasteiger partial charge < -0.3 is 5.32 Å². The average molecular weight is 319 g/mol. The second kappa shape index (κ2) is 6.50. The smallest absolute Gasteiger partial charge is 0.280 e. The van der Waals surface area contributed by atoms with E-state index in [4.69, 9.17) is 0 Å². The van der Waals surface area contributed by atoms with Crippen LogP contribution in [0.25, 0.3) is 5.69 Å². The van der Waals surface area contributed by atoms with Crippen molar-refractivity contribution in [1.29, 1.82) is 0 Å². The number of aryl methyl sites for hydroxylation is 2. The molecule has 0 bridgehead atoms. The zero-order chi connectivity index (χ0) is 17.1. The minimum absolute atomic E-state index is 0.138. The van der Waals surface area contributed by atoms with E-state index in [2.05, 4.69) is 10.4 Å². The van der Waals surface area contributed by atoms with Crippen LogP contribution in [0.15, 0.2) is 65.6 Å². The zero-order valence-electron chi connectivity index (χ0n) is 13.5. The number of aromatic nitrogens is 2. The van der Waals surface area contributed by atoms with E-state index in [1.165, 1.54) is 10.7 Å². The van der Waals surface area contributed by atoms with Crippen molar-refractivity contribution in [3.05, 3.63) is 87.8 Å². The molecular weight excluding hydrogens is 302 g/mol. The maximum atomic E-state index is 12.5. The number of carbonyl (C=O) groups is 1. The number of hydrogen-bond donors (Lipinski definition) is 1. The number of anilines is 1. The molecule has 0 aliphatic carbocycles. The summed E-state index contributed by atoms with van der Waals surface area (Å²) in [6, 6.07) is 16.4. The summed E-state index contributed by atoms with van der Waals surface area (Å²) in [6.45, 7) is 3.89. The average Bonchev–Trinajstić information content (AvgIpc) is 2.58. The summed E-state index contributed by atoms with van der Waals surface area (Å²) in [5.41, 5.74) is 2.93. The van der Waals surface area contributed by atoms with E-state index >= 15 is 0 Å². The van der Waals surface area contributed by atoms with E-state index in [0.717, 1.165) is 16.8 Å². The normalized spacial score (nSPS) is 10.4. The molecule has 0 aliphatic heterocycles. The molecule has 3 rings (SSSR count). The molecule has 1 heterocycles. The molecule has 1 aromatic heterocycles. The lowest BCUT2D eigenvalue weighted by molar-refractivity contribution is 0.101. The van der Waals surface area contributed by atoms with Crippen molar-refractivity contribution in [2.75, 3.05) is 5.32 Å². The summed E-state index contributed by atoms with van der Waals surface area (Å²) in [5.74, 6) is -0.516. The number of nitrogens with one attached hydrogen (secondary N) is 1. The fraction of sp³-hybridized carbons (Fsp3) is 0.105. The minimum Gasteiger partial charge on any atom is -0.320 e. The maximum absolute atomic E-state index is 12.5. The quantitative estimate of drug-likeness (QED) is 0.807. The molecule has 5 nitrogen and oxygen atoms in total. The maximum Gasteiger partial charge on any atom is 0.280 e. The number of carbonyl (C=O) groups excluding carboxylic acids is 1. The van der Waals surface area contributed by atoms with Crippen LogP contribution in [0.1, 0.15) is 21.6 Å². The molecular formula is C19H17N3O2. The monoisotopic (exact) mass is 319 g/mol. The van der Waals surface area contributed by atoms with E-state index in [9.17, 15) is 9.59 Å². The molecule has 24 heavy (non-hydrogen) atoms. The molecule has 120 valence electrons. The number of rotatable bonds is 3. The first kappa shape index (κ1) is 15.7. The fourth-order valence-electron chi connectivity index (χ4n) is 2.42. The van der Waals surface area contributed by atoms with E-state index < -0.39 is 11.3 Å². The van der Waals surface area contributed by atoms with Gasteiger partial charge >= 0.3 is 0 Å². The Hall–Kier alpha value is -3.21. The van der Waals surface area contributed by atoms with E-state index in [0.29, 0.717) is 5.69 Å². The highest BCUT2D eigenvalue weighted by atomic mass is 16.2. The molecule has 1 N–H and O–H groups in total. The van der Waals surface area contributed by atoms with Gasteiger partial charge in [-0.15, -0.1) is 0 Å². The van der Waals surface area contributed by atoms with Crippen molar-refractivity contribution in [2.24, 2.45) is 0 Å². The molecule has 0 atom stereocenters. The Balaban J connectivity index is 1.93. The molecule has 0 fully saturated rings. The minimum atomic E-state index is -0.516. The van der Waals surface area contributed by atoms with E-state index in [-0.39, 0.29) is 5.69 Å². The first-order valence-corrected chi connectivity index (χ1v) is 7.58. The third-order valence-electron chi connectivity index (χ3n) is 3.67. The van der Waals surface area contributed by atoms with E-state index in [1.807, 2.05) is 62.4 Å². The number of benzene rings is 2. The van der Waals surface area contributed by atoms with Crippen molar-refractivity contribution in [2.45, 2.75) is 13.8 Å². The van der Waals surface area contributed by atoms with Crippen LogP contribution < -0.4 is 10.7 Å². The van der Waals surface area contributed by atoms with Crippen LogP contribution in [0.5, 0.6) is 0 Å². The number of nitrogens with zero attached hydrogens (tertiary/aromatic N) is 2. The third kappa shape index (κ3) is 3.25. The summed E-state index contributed by atoms with van der Waals surface area (Å²) in [7, 11) is 0. The van der Waals surface area contributed by atoms with Crippen LogP contribution >= 0.6 is 0 Å². The highest BCUT2D eigenvalue weighted by Gasteiger charge is 2.14. The lowest BCUT2D eigenvalue weighted by Gasteiger charge is -2.10. The van der Waals surface area contributed by atoms with Crippen LogP contribution in [0.4, 0.5) is 5.69 Å². The van der Waals surface area contributed by atoms with Gasteiger partial charge in [0.2, 0.25) is 5.43 Å². The predicted octanol–water partition coefficient (Wildman–Crippen LogP) is 3.10. The summed E-state index contributed by atoms with van der Waals surface area (Å²) in [4.78, 5) is 24.5. The Morgan fingerprint density at radius 2 is 1.79 bits per heavy atom. The standard InChI is InChI=1S/C19H17N3O2/c1-13-8-9-16(14(2)12-13)20-19(24)18-17(23)10-11-22(21-18)15-6-4-3-5-7-15/h3-12H,1-2H3,(H,20,24). The molecule has 5 heteroatoms. The molecule has 0 radical (unpaired) electrons. The summed E-state index contributed by atoms with van der Waals surface area (Å²) in [6.07, 6.45) is 1.55. The molecule has 0 aliphatic rings. The van der Waals surface area contributed by atoms with Crippen molar-refractivity contribution >= 4 is 11.6 Å². The molecule has 2 aromatic carbocycles. The summed E-state index contributed by atoms with van der Waals surface area (Å²) in [5, 5.41) is 6.94. The van der Waals surface area contributed by atoms with Gasteiger partial charge in [-0.1, -0.05) is 35.9 Å². The topological polar surface area (TPSA) is 64.0 Å². The molecule has 3 aromatic rings.